The highest BCUT2D eigenvalue weighted by atomic mass is 15.3. The molecule has 1 fully saturated rings. The van der Waals surface area contributed by atoms with Crippen molar-refractivity contribution in [1.29, 1.82) is 5.26 Å². The van der Waals surface area contributed by atoms with Gasteiger partial charge in [-0.3, -0.25) is 9.80 Å². The number of piperazine rings is 1. The van der Waals surface area contributed by atoms with E-state index in [-0.39, 0.29) is 0 Å². The molecule has 0 N–H and O–H groups in total. The first-order valence-corrected chi connectivity index (χ1v) is 7.67. The van der Waals surface area contributed by atoms with Crippen LogP contribution < -0.4 is 0 Å². The van der Waals surface area contributed by atoms with Crippen molar-refractivity contribution in [3.63, 3.8) is 0 Å². The molecule has 0 radical (unpaired) electrons. The van der Waals surface area contributed by atoms with Gasteiger partial charge in [0.25, 0.3) is 0 Å². The number of nitriles is 1. The Morgan fingerprint density at radius 3 is 2.70 bits per heavy atom. The summed E-state index contributed by atoms with van der Waals surface area (Å²) in [6.45, 7) is 7.97. The summed E-state index contributed by atoms with van der Waals surface area (Å²) in [6.07, 6.45) is 2.88. The third-order valence-electron chi connectivity index (χ3n) is 4.08. The molecule has 1 aromatic rings. The molecule has 108 valence electrons. The molecular weight excluding hydrogens is 246 g/mol. The van der Waals surface area contributed by atoms with Gasteiger partial charge < -0.3 is 0 Å². The molecule has 0 saturated carbocycles. The molecule has 0 spiro atoms. The normalized spacial score (nSPS) is 20.7. The molecule has 3 nitrogen and oxygen atoms in total. The van der Waals surface area contributed by atoms with Gasteiger partial charge >= 0.3 is 0 Å². The lowest BCUT2D eigenvalue weighted by Gasteiger charge is -2.40. The minimum atomic E-state index is 0.620. The summed E-state index contributed by atoms with van der Waals surface area (Å²) in [6, 6.07) is 13.6. The van der Waals surface area contributed by atoms with E-state index in [0.717, 1.165) is 45.6 Å². The van der Waals surface area contributed by atoms with E-state index in [1.807, 2.05) is 0 Å². The second kappa shape index (κ2) is 8.04. The van der Waals surface area contributed by atoms with E-state index >= 15 is 0 Å². The molecule has 0 amide bonds. The van der Waals surface area contributed by atoms with Gasteiger partial charge in [0, 0.05) is 38.6 Å². The quantitative estimate of drug-likeness (QED) is 0.745. The van der Waals surface area contributed by atoms with Crippen molar-refractivity contribution in [1.82, 2.24) is 9.80 Å². The van der Waals surface area contributed by atoms with Crippen LogP contribution in [-0.2, 0) is 6.54 Å². The van der Waals surface area contributed by atoms with Crippen molar-refractivity contribution in [2.45, 2.75) is 38.8 Å². The Morgan fingerprint density at radius 1 is 1.20 bits per heavy atom. The molecule has 3 heteroatoms. The predicted octanol–water partition coefficient (Wildman–Crippen LogP) is 2.89. The van der Waals surface area contributed by atoms with Crippen LogP contribution in [0.5, 0.6) is 0 Å². The summed E-state index contributed by atoms with van der Waals surface area (Å²) in [7, 11) is 0. The van der Waals surface area contributed by atoms with Crippen LogP contribution in [0.3, 0.4) is 0 Å². The number of hydrogen-bond acceptors (Lipinski definition) is 3. The lowest BCUT2D eigenvalue weighted by molar-refractivity contribution is 0.0778. The van der Waals surface area contributed by atoms with E-state index in [0.29, 0.717) is 12.5 Å². The number of unbranched alkanes of at least 4 members (excludes halogenated alkanes) is 2. The molecule has 1 aliphatic heterocycles. The van der Waals surface area contributed by atoms with Crippen molar-refractivity contribution in [2.24, 2.45) is 0 Å². The van der Waals surface area contributed by atoms with Gasteiger partial charge in [-0.25, -0.2) is 0 Å². The zero-order valence-electron chi connectivity index (χ0n) is 12.5. The molecule has 1 aromatic carbocycles. The van der Waals surface area contributed by atoms with Crippen molar-refractivity contribution < 1.29 is 0 Å². The van der Waals surface area contributed by atoms with E-state index in [4.69, 9.17) is 5.26 Å². The maximum absolute atomic E-state index is 8.56. The second-order valence-corrected chi connectivity index (χ2v) is 5.72. The van der Waals surface area contributed by atoms with Crippen LogP contribution in [0.4, 0.5) is 0 Å². The summed E-state index contributed by atoms with van der Waals surface area (Å²) >= 11 is 0. The molecule has 1 atom stereocenters. The zero-order chi connectivity index (χ0) is 14.2. The maximum atomic E-state index is 8.56. The largest absolute Gasteiger partial charge is 0.298 e. The number of rotatable bonds is 6. The van der Waals surface area contributed by atoms with Gasteiger partial charge in [0.05, 0.1) is 6.07 Å². The Labute approximate surface area is 122 Å². The third kappa shape index (κ3) is 4.63. The number of nitrogens with zero attached hydrogens (tertiary/aromatic N) is 3. The van der Waals surface area contributed by atoms with E-state index in [1.54, 1.807) is 0 Å². The molecule has 0 aliphatic carbocycles. The van der Waals surface area contributed by atoms with Crippen molar-refractivity contribution >= 4 is 0 Å². The first kappa shape index (κ1) is 15.0. The summed E-state index contributed by atoms with van der Waals surface area (Å²) in [4.78, 5) is 5.12. The standard InChI is InChI=1S/C17H25N3/c1-16-14-19(15-17-8-4-2-5-9-17)12-13-20(16)11-7-3-6-10-18/h2,4-5,8-9,16H,3,6-7,11-15H2,1H3/t16-/m1/s1. The molecular formula is C17H25N3. The lowest BCUT2D eigenvalue weighted by atomic mass is 10.1. The molecule has 1 aliphatic rings. The third-order valence-corrected chi connectivity index (χ3v) is 4.08. The van der Waals surface area contributed by atoms with Gasteiger partial charge in [-0.1, -0.05) is 30.3 Å². The Balaban J connectivity index is 1.73. The van der Waals surface area contributed by atoms with Crippen LogP contribution in [0.15, 0.2) is 30.3 Å². The summed E-state index contributed by atoms with van der Waals surface area (Å²) in [5.41, 5.74) is 1.40. The van der Waals surface area contributed by atoms with Crippen molar-refractivity contribution in [3.8, 4) is 6.07 Å². The van der Waals surface area contributed by atoms with Gasteiger partial charge in [-0.2, -0.15) is 5.26 Å². The van der Waals surface area contributed by atoms with Gasteiger partial charge in [-0.05, 0) is 31.9 Å². The summed E-state index contributed by atoms with van der Waals surface area (Å²) in [5.74, 6) is 0. The first-order valence-electron chi connectivity index (χ1n) is 7.67. The molecule has 0 unspecified atom stereocenters. The molecule has 0 aromatic heterocycles. The maximum Gasteiger partial charge on any atom is 0.0621 e. The highest BCUT2D eigenvalue weighted by molar-refractivity contribution is 5.14. The zero-order valence-corrected chi connectivity index (χ0v) is 12.5. The minimum Gasteiger partial charge on any atom is -0.298 e. The van der Waals surface area contributed by atoms with Crippen LogP contribution in [0, 0.1) is 11.3 Å². The van der Waals surface area contributed by atoms with Crippen molar-refractivity contribution in [3.05, 3.63) is 35.9 Å². The fraction of sp³-hybridized carbons (Fsp3) is 0.588. The highest BCUT2D eigenvalue weighted by Crippen LogP contribution is 2.14. The van der Waals surface area contributed by atoms with E-state index in [9.17, 15) is 0 Å². The van der Waals surface area contributed by atoms with Gasteiger partial charge in [0.1, 0.15) is 0 Å². The topological polar surface area (TPSA) is 30.3 Å². The Hall–Kier alpha value is -1.37. The van der Waals surface area contributed by atoms with Crippen LogP contribution in [-0.4, -0.2) is 42.0 Å². The lowest BCUT2D eigenvalue weighted by Crippen LogP contribution is -2.51. The van der Waals surface area contributed by atoms with Gasteiger partial charge in [-0.15, -0.1) is 0 Å². The number of hydrogen-bond donors (Lipinski definition) is 0. The van der Waals surface area contributed by atoms with Crippen LogP contribution in [0.2, 0.25) is 0 Å². The van der Waals surface area contributed by atoms with Crippen LogP contribution >= 0.6 is 0 Å². The molecule has 0 bridgehead atoms. The van der Waals surface area contributed by atoms with Gasteiger partial charge in [0.2, 0.25) is 0 Å². The SMILES string of the molecule is C[C@@H]1CN(Cc2ccccc2)CCN1CCCCC#N. The molecule has 2 rings (SSSR count). The van der Waals surface area contributed by atoms with E-state index < -0.39 is 0 Å². The van der Waals surface area contributed by atoms with Crippen molar-refractivity contribution in [2.75, 3.05) is 26.2 Å². The summed E-state index contributed by atoms with van der Waals surface area (Å²) in [5, 5.41) is 8.56. The fourth-order valence-corrected chi connectivity index (χ4v) is 2.91. The molecule has 20 heavy (non-hydrogen) atoms. The molecule has 1 heterocycles. The molecule has 1 saturated heterocycles. The van der Waals surface area contributed by atoms with E-state index in [2.05, 4.69) is 53.1 Å². The highest BCUT2D eigenvalue weighted by Gasteiger charge is 2.22. The Bertz CT molecular complexity index is 424. The number of benzene rings is 1. The van der Waals surface area contributed by atoms with Gasteiger partial charge in [0.15, 0.2) is 0 Å². The first-order chi connectivity index (χ1) is 9.79. The minimum absolute atomic E-state index is 0.620. The Morgan fingerprint density at radius 2 is 2.00 bits per heavy atom. The predicted molar refractivity (Wildman–Crippen MR) is 82.2 cm³/mol. The summed E-state index contributed by atoms with van der Waals surface area (Å²) < 4.78 is 0. The fourth-order valence-electron chi connectivity index (χ4n) is 2.91. The second-order valence-electron chi connectivity index (χ2n) is 5.72. The smallest absolute Gasteiger partial charge is 0.0621 e. The van der Waals surface area contributed by atoms with E-state index in [1.165, 1.54) is 5.56 Å². The monoisotopic (exact) mass is 271 g/mol. The average molecular weight is 271 g/mol. The Kier molecular flexibility index (Phi) is 6.04. The van der Waals surface area contributed by atoms with Crippen LogP contribution in [0.25, 0.3) is 0 Å². The average Bonchev–Trinajstić information content (AvgIpc) is 2.46. The van der Waals surface area contributed by atoms with Crippen LogP contribution in [0.1, 0.15) is 31.7 Å².